The number of hydrogen-bond acceptors (Lipinski definition) is 5. The Kier molecular flexibility index (Phi) is 7.44. The molecule has 0 atom stereocenters. The first-order chi connectivity index (χ1) is 12.8. The fraction of sp³-hybridized carbons (Fsp3) is 0.263. The van der Waals surface area contributed by atoms with Crippen LogP contribution in [0.3, 0.4) is 0 Å². The number of pyridine rings is 1. The molecule has 27 heavy (non-hydrogen) atoms. The van der Waals surface area contributed by atoms with E-state index >= 15 is 0 Å². The number of benzene rings is 1. The van der Waals surface area contributed by atoms with Crippen LogP contribution >= 0.6 is 24.0 Å². The average Bonchev–Trinajstić information content (AvgIpc) is 2.61. The Bertz CT molecular complexity index is 832. The molecule has 2 aromatic rings. The number of hydrazone groups is 1. The van der Waals surface area contributed by atoms with Crippen LogP contribution in [-0.4, -0.2) is 27.2 Å². The number of carbonyl (C=O) groups excluding carboxylic acids is 1. The maximum absolute atomic E-state index is 13.4. The quantitative estimate of drug-likeness (QED) is 0.446. The summed E-state index contributed by atoms with van der Waals surface area (Å²) in [4.78, 5) is 15.9. The lowest BCUT2D eigenvalue weighted by atomic mass is 9.87. The first-order valence-corrected chi connectivity index (χ1v) is 9.62. The second-order valence-electron chi connectivity index (χ2n) is 6.69. The topological polar surface area (TPSA) is 66.4 Å². The van der Waals surface area contributed by atoms with Gasteiger partial charge < -0.3 is 5.32 Å². The van der Waals surface area contributed by atoms with Crippen LogP contribution in [0.25, 0.3) is 0 Å². The van der Waals surface area contributed by atoms with Crippen molar-refractivity contribution >= 4 is 46.1 Å². The molecule has 142 valence electrons. The Labute approximate surface area is 167 Å². The molecule has 0 saturated carbocycles. The fourth-order valence-corrected chi connectivity index (χ4v) is 2.73. The maximum Gasteiger partial charge on any atom is 0.234 e. The Morgan fingerprint density at radius 2 is 2.00 bits per heavy atom. The van der Waals surface area contributed by atoms with Gasteiger partial charge in [0, 0.05) is 11.9 Å². The number of thioether (sulfide) groups is 1. The highest BCUT2D eigenvalue weighted by Crippen LogP contribution is 2.23. The summed E-state index contributed by atoms with van der Waals surface area (Å²) in [6.07, 6.45) is 2.70. The van der Waals surface area contributed by atoms with E-state index < -0.39 is 5.82 Å². The van der Waals surface area contributed by atoms with Gasteiger partial charge in [0.25, 0.3) is 0 Å². The van der Waals surface area contributed by atoms with Gasteiger partial charge in [-0.3, -0.25) is 15.2 Å². The molecule has 2 rings (SSSR count). The average molecular weight is 405 g/mol. The lowest BCUT2D eigenvalue weighted by Crippen LogP contribution is -2.19. The highest BCUT2D eigenvalue weighted by Gasteiger charge is 2.13. The maximum atomic E-state index is 13.4. The molecular formula is C19H21FN4OS2. The largest absolute Gasteiger partial charge is 0.325 e. The number of nitrogens with zero attached hydrogens (tertiary/aromatic N) is 2. The van der Waals surface area contributed by atoms with E-state index in [0.717, 1.165) is 17.4 Å². The summed E-state index contributed by atoms with van der Waals surface area (Å²) in [6.45, 7) is 6.40. The molecule has 1 aromatic carbocycles. The van der Waals surface area contributed by atoms with E-state index in [0.29, 0.717) is 4.32 Å². The number of carbonyl (C=O) groups is 1. The summed E-state index contributed by atoms with van der Waals surface area (Å²) in [7, 11) is 0. The van der Waals surface area contributed by atoms with Gasteiger partial charge in [-0.2, -0.15) is 5.10 Å². The van der Waals surface area contributed by atoms with Crippen LogP contribution in [0.2, 0.25) is 0 Å². The van der Waals surface area contributed by atoms with Crippen LogP contribution in [-0.2, 0) is 10.2 Å². The molecule has 0 radical (unpaired) electrons. The first-order valence-electron chi connectivity index (χ1n) is 8.22. The highest BCUT2D eigenvalue weighted by atomic mass is 32.2. The lowest BCUT2D eigenvalue weighted by molar-refractivity contribution is -0.113. The number of thiocarbonyl (C=S) groups is 1. The number of halogens is 1. The molecule has 0 unspecified atom stereocenters. The second-order valence-corrected chi connectivity index (χ2v) is 8.34. The van der Waals surface area contributed by atoms with Gasteiger partial charge in [-0.1, -0.05) is 56.9 Å². The monoisotopic (exact) mass is 404 g/mol. The van der Waals surface area contributed by atoms with Crippen molar-refractivity contribution in [3.8, 4) is 0 Å². The molecule has 0 fully saturated rings. The lowest BCUT2D eigenvalue weighted by Gasteiger charge is -2.19. The number of hydrogen-bond donors (Lipinski definition) is 2. The molecule has 5 nitrogen and oxygen atoms in total. The molecule has 0 bridgehead atoms. The zero-order valence-electron chi connectivity index (χ0n) is 15.3. The summed E-state index contributed by atoms with van der Waals surface area (Å²) < 4.78 is 13.7. The van der Waals surface area contributed by atoms with Crippen LogP contribution in [0.4, 0.5) is 10.1 Å². The van der Waals surface area contributed by atoms with Crippen LogP contribution < -0.4 is 10.7 Å². The van der Waals surface area contributed by atoms with Crippen molar-refractivity contribution in [1.82, 2.24) is 10.4 Å². The molecule has 2 N–H and O–H groups in total. The Hall–Kier alpha value is -2.32. The van der Waals surface area contributed by atoms with E-state index in [2.05, 4.69) is 41.6 Å². The molecule has 1 heterocycles. The SMILES string of the molecule is CC(C)(C)c1ccc(NC(=O)CSC(=S)N/N=C/c2ncccc2F)cc1. The van der Waals surface area contributed by atoms with E-state index in [1.165, 1.54) is 30.1 Å². The minimum absolute atomic E-state index is 0.0644. The molecule has 1 aromatic heterocycles. The van der Waals surface area contributed by atoms with Crippen molar-refractivity contribution in [2.24, 2.45) is 5.10 Å². The molecular weight excluding hydrogens is 383 g/mol. The van der Waals surface area contributed by atoms with Gasteiger partial charge in [-0.15, -0.1) is 0 Å². The number of aromatic nitrogens is 1. The Balaban J connectivity index is 1.76. The molecule has 0 aliphatic heterocycles. The third kappa shape index (κ3) is 7.07. The first kappa shape index (κ1) is 21.0. The molecule has 8 heteroatoms. The van der Waals surface area contributed by atoms with Crippen LogP contribution in [0, 0.1) is 5.82 Å². The van der Waals surface area contributed by atoms with Crippen LogP contribution in [0.1, 0.15) is 32.0 Å². The number of nitrogens with one attached hydrogen (secondary N) is 2. The van der Waals surface area contributed by atoms with Crippen molar-refractivity contribution in [3.63, 3.8) is 0 Å². The predicted molar refractivity (Wildman–Crippen MR) is 114 cm³/mol. The van der Waals surface area contributed by atoms with Crippen molar-refractivity contribution < 1.29 is 9.18 Å². The fourth-order valence-electron chi connectivity index (χ4n) is 2.05. The van der Waals surface area contributed by atoms with Crippen molar-refractivity contribution in [3.05, 3.63) is 59.7 Å². The molecule has 1 amide bonds. The van der Waals surface area contributed by atoms with Crippen molar-refractivity contribution in [2.75, 3.05) is 11.1 Å². The normalized spacial score (nSPS) is 11.4. The third-order valence-electron chi connectivity index (χ3n) is 3.50. The summed E-state index contributed by atoms with van der Waals surface area (Å²) in [5, 5.41) is 6.65. The zero-order valence-corrected chi connectivity index (χ0v) is 17.0. The highest BCUT2D eigenvalue weighted by molar-refractivity contribution is 8.23. The number of anilines is 1. The Morgan fingerprint density at radius 1 is 1.30 bits per heavy atom. The summed E-state index contributed by atoms with van der Waals surface area (Å²) in [5.74, 6) is -0.508. The molecule has 0 aliphatic carbocycles. The minimum Gasteiger partial charge on any atom is -0.325 e. The molecule has 0 saturated heterocycles. The van der Waals surface area contributed by atoms with Gasteiger partial charge in [-0.25, -0.2) is 4.39 Å². The van der Waals surface area contributed by atoms with Gasteiger partial charge in [0.15, 0.2) is 10.1 Å². The minimum atomic E-state index is -0.474. The van der Waals surface area contributed by atoms with Crippen molar-refractivity contribution in [2.45, 2.75) is 26.2 Å². The third-order valence-corrected chi connectivity index (χ3v) is 4.70. The summed E-state index contributed by atoms with van der Waals surface area (Å²) >= 11 is 6.22. The summed E-state index contributed by atoms with van der Waals surface area (Å²) in [6, 6.07) is 10.5. The summed E-state index contributed by atoms with van der Waals surface area (Å²) in [5.41, 5.74) is 4.68. The number of amides is 1. The zero-order chi connectivity index (χ0) is 19.9. The Morgan fingerprint density at radius 3 is 2.63 bits per heavy atom. The van der Waals surface area contributed by atoms with E-state index in [4.69, 9.17) is 12.2 Å². The van der Waals surface area contributed by atoms with Crippen molar-refractivity contribution in [1.29, 1.82) is 0 Å². The smallest absolute Gasteiger partial charge is 0.234 e. The van der Waals surface area contributed by atoms with E-state index in [9.17, 15) is 9.18 Å². The van der Waals surface area contributed by atoms with Gasteiger partial charge in [-0.05, 0) is 35.2 Å². The molecule has 0 spiro atoms. The van der Waals surface area contributed by atoms with Crippen LogP contribution in [0.5, 0.6) is 0 Å². The standard InChI is InChI=1S/C19H21FN4OS2/c1-19(2,3)13-6-8-14(9-7-13)23-17(25)12-27-18(26)24-22-11-16-15(20)5-4-10-21-16/h4-11H,12H2,1-3H3,(H,23,25)(H,24,26)/b22-11+. The number of rotatable bonds is 5. The van der Waals surface area contributed by atoms with E-state index in [1.807, 2.05) is 24.3 Å². The second kappa shape index (κ2) is 9.57. The van der Waals surface area contributed by atoms with Gasteiger partial charge in [0.05, 0.1) is 12.0 Å². The predicted octanol–water partition coefficient (Wildman–Crippen LogP) is 4.10. The van der Waals surface area contributed by atoms with Gasteiger partial charge in [0.1, 0.15) is 5.69 Å². The molecule has 0 aliphatic rings. The van der Waals surface area contributed by atoms with Gasteiger partial charge in [0.2, 0.25) is 5.91 Å². The van der Waals surface area contributed by atoms with E-state index in [-0.39, 0.29) is 22.8 Å². The van der Waals surface area contributed by atoms with Crippen LogP contribution in [0.15, 0.2) is 47.7 Å². The van der Waals surface area contributed by atoms with Gasteiger partial charge >= 0.3 is 0 Å². The van der Waals surface area contributed by atoms with E-state index in [1.54, 1.807) is 0 Å².